The van der Waals surface area contributed by atoms with Crippen LogP contribution in [0.3, 0.4) is 0 Å². The van der Waals surface area contributed by atoms with Crippen molar-refractivity contribution in [1.82, 2.24) is 15.5 Å². The minimum Gasteiger partial charge on any atom is -0.383 e. The van der Waals surface area contributed by atoms with Crippen molar-refractivity contribution in [3.63, 3.8) is 0 Å². The molecule has 5 nitrogen and oxygen atoms in total. The van der Waals surface area contributed by atoms with Crippen molar-refractivity contribution >= 4 is 0 Å². The predicted molar refractivity (Wildman–Crippen MR) is 67.1 cm³/mol. The van der Waals surface area contributed by atoms with E-state index in [0.717, 1.165) is 6.54 Å². The van der Waals surface area contributed by atoms with Crippen LogP contribution in [-0.2, 0) is 11.2 Å². The first-order chi connectivity index (χ1) is 8.90. The molecule has 2 rings (SSSR count). The molecule has 0 spiro atoms. The summed E-state index contributed by atoms with van der Waals surface area (Å²) in [7, 11) is 1.70. The highest BCUT2D eigenvalue weighted by Crippen LogP contribution is 2.12. The molecule has 1 unspecified atom stereocenters. The topological polar surface area (TPSA) is 60.2 Å². The highest BCUT2D eigenvalue weighted by atomic mass is 16.5. The van der Waals surface area contributed by atoms with Crippen LogP contribution in [0.15, 0.2) is 41.2 Å². The first-order valence-corrected chi connectivity index (χ1v) is 5.93. The first kappa shape index (κ1) is 12.7. The van der Waals surface area contributed by atoms with Crippen LogP contribution in [0.1, 0.15) is 17.5 Å². The number of nitrogens with zero attached hydrogens (tertiary/aromatic N) is 2. The number of hydrogen-bond donors (Lipinski definition) is 1. The Hall–Kier alpha value is -1.72. The van der Waals surface area contributed by atoms with E-state index >= 15 is 0 Å². The Morgan fingerprint density at radius 1 is 1.33 bits per heavy atom. The molecule has 18 heavy (non-hydrogen) atoms. The van der Waals surface area contributed by atoms with Gasteiger partial charge in [0.05, 0.1) is 12.6 Å². The van der Waals surface area contributed by atoms with E-state index in [1.807, 2.05) is 18.2 Å². The number of hydrogen-bond acceptors (Lipinski definition) is 5. The fourth-order valence-corrected chi connectivity index (χ4v) is 1.78. The molecule has 0 radical (unpaired) electrons. The number of nitrogens with one attached hydrogen (secondary N) is 1. The molecule has 1 heterocycles. The van der Waals surface area contributed by atoms with Crippen LogP contribution in [0.5, 0.6) is 0 Å². The summed E-state index contributed by atoms with van der Waals surface area (Å²) in [6.45, 7) is 1.40. The van der Waals surface area contributed by atoms with Crippen molar-refractivity contribution in [1.29, 1.82) is 0 Å². The molecule has 0 saturated carbocycles. The van der Waals surface area contributed by atoms with Gasteiger partial charge in [-0.1, -0.05) is 35.5 Å². The fourth-order valence-electron chi connectivity index (χ4n) is 1.78. The zero-order valence-electron chi connectivity index (χ0n) is 10.4. The minimum atomic E-state index is 0.180. The molecule has 2 aromatic rings. The van der Waals surface area contributed by atoms with Gasteiger partial charge >= 0.3 is 0 Å². The summed E-state index contributed by atoms with van der Waals surface area (Å²) in [6, 6.07) is 10.4. The lowest BCUT2D eigenvalue weighted by molar-refractivity contribution is 0.166. The van der Waals surface area contributed by atoms with Crippen LogP contribution in [0, 0.1) is 0 Å². The highest BCUT2D eigenvalue weighted by Gasteiger charge is 2.10. The second kappa shape index (κ2) is 6.88. The molecule has 0 aliphatic rings. The zero-order valence-corrected chi connectivity index (χ0v) is 10.4. The third-order valence-electron chi connectivity index (χ3n) is 2.67. The van der Waals surface area contributed by atoms with E-state index in [1.165, 1.54) is 11.9 Å². The van der Waals surface area contributed by atoms with Crippen molar-refractivity contribution < 1.29 is 9.26 Å². The molecule has 0 amide bonds. The summed E-state index contributed by atoms with van der Waals surface area (Å²) in [4.78, 5) is 3.98. The Labute approximate surface area is 106 Å². The van der Waals surface area contributed by atoms with Crippen molar-refractivity contribution in [3.8, 4) is 0 Å². The molecule has 1 aromatic carbocycles. The van der Waals surface area contributed by atoms with Gasteiger partial charge in [-0.3, -0.25) is 0 Å². The monoisotopic (exact) mass is 247 g/mol. The van der Waals surface area contributed by atoms with E-state index < -0.39 is 0 Å². The summed E-state index contributed by atoms with van der Waals surface area (Å²) in [5.74, 6) is 0.645. The molecule has 0 aliphatic carbocycles. The van der Waals surface area contributed by atoms with E-state index in [4.69, 9.17) is 9.26 Å². The van der Waals surface area contributed by atoms with E-state index in [1.54, 1.807) is 7.11 Å². The van der Waals surface area contributed by atoms with Crippen LogP contribution in [0.25, 0.3) is 0 Å². The molecular weight excluding hydrogens is 230 g/mol. The third-order valence-corrected chi connectivity index (χ3v) is 2.67. The number of benzene rings is 1. The van der Waals surface area contributed by atoms with E-state index in [-0.39, 0.29) is 6.04 Å². The van der Waals surface area contributed by atoms with E-state index in [9.17, 15) is 0 Å². The second-order valence-corrected chi connectivity index (χ2v) is 3.96. The first-order valence-electron chi connectivity index (χ1n) is 5.93. The van der Waals surface area contributed by atoms with Gasteiger partial charge in [-0.25, -0.2) is 0 Å². The number of aromatic nitrogens is 2. The molecule has 1 atom stereocenters. The van der Waals surface area contributed by atoms with Crippen LogP contribution in [-0.4, -0.2) is 30.4 Å². The lowest BCUT2D eigenvalue weighted by atomic mass is 10.1. The molecule has 0 bridgehead atoms. The number of methoxy groups -OCH3 is 1. The highest BCUT2D eigenvalue weighted by molar-refractivity contribution is 5.18. The summed E-state index contributed by atoms with van der Waals surface area (Å²) in [6.07, 6.45) is 2.13. The van der Waals surface area contributed by atoms with Gasteiger partial charge in [0.2, 0.25) is 5.89 Å². The Morgan fingerprint density at radius 3 is 2.83 bits per heavy atom. The average Bonchev–Trinajstić information content (AvgIpc) is 2.92. The van der Waals surface area contributed by atoms with Crippen molar-refractivity contribution in [2.24, 2.45) is 0 Å². The average molecular weight is 247 g/mol. The van der Waals surface area contributed by atoms with Crippen molar-refractivity contribution in [2.45, 2.75) is 12.5 Å². The summed E-state index contributed by atoms with van der Waals surface area (Å²) >= 11 is 0. The standard InChI is InChI=1S/C13H17N3O2/c1-17-9-12(11-5-3-2-4-6-11)14-8-7-13-15-10-16-18-13/h2-6,10,12,14H,7-9H2,1H3. The maximum atomic E-state index is 5.23. The van der Waals surface area contributed by atoms with Crippen molar-refractivity contribution in [3.05, 3.63) is 48.1 Å². The normalized spacial score (nSPS) is 12.5. The quantitative estimate of drug-likeness (QED) is 0.805. The van der Waals surface area contributed by atoms with E-state index in [0.29, 0.717) is 18.9 Å². The van der Waals surface area contributed by atoms with Crippen LogP contribution < -0.4 is 5.32 Å². The molecule has 5 heteroatoms. The maximum Gasteiger partial charge on any atom is 0.227 e. The molecule has 1 N–H and O–H groups in total. The number of rotatable bonds is 7. The van der Waals surface area contributed by atoms with Gasteiger partial charge in [-0.15, -0.1) is 0 Å². The molecule has 96 valence electrons. The smallest absolute Gasteiger partial charge is 0.227 e. The Kier molecular flexibility index (Phi) is 4.87. The van der Waals surface area contributed by atoms with Gasteiger partial charge in [0.1, 0.15) is 0 Å². The zero-order chi connectivity index (χ0) is 12.6. The van der Waals surface area contributed by atoms with Gasteiger partial charge in [-0.2, -0.15) is 4.98 Å². The Morgan fingerprint density at radius 2 is 2.17 bits per heavy atom. The summed E-state index contributed by atoms with van der Waals surface area (Å²) in [5.41, 5.74) is 1.21. The van der Waals surface area contributed by atoms with Crippen molar-refractivity contribution in [2.75, 3.05) is 20.3 Å². The van der Waals surface area contributed by atoms with Gasteiger partial charge in [0.25, 0.3) is 0 Å². The van der Waals surface area contributed by atoms with Gasteiger partial charge in [0, 0.05) is 20.1 Å². The third kappa shape index (κ3) is 3.65. The SMILES string of the molecule is COCC(NCCc1ncno1)c1ccccc1. The number of ether oxygens (including phenoxy) is 1. The van der Waals surface area contributed by atoms with Crippen LogP contribution in [0.2, 0.25) is 0 Å². The molecule has 0 fully saturated rings. The van der Waals surface area contributed by atoms with Gasteiger partial charge < -0.3 is 14.6 Å². The minimum absolute atomic E-state index is 0.180. The summed E-state index contributed by atoms with van der Waals surface area (Å²) in [5, 5.41) is 7.00. The van der Waals surface area contributed by atoms with Gasteiger partial charge in [0.15, 0.2) is 6.33 Å². The Balaban J connectivity index is 1.87. The molecule has 0 saturated heterocycles. The fraction of sp³-hybridized carbons (Fsp3) is 0.385. The summed E-state index contributed by atoms with van der Waals surface area (Å²) < 4.78 is 10.2. The molecule has 1 aromatic heterocycles. The maximum absolute atomic E-state index is 5.23. The molecule has 0 aliphatic heterocycles. The largest absolute Gasteiger partial charge is 0.383 e. The van der Waals surface area contributed by atoms with Crippen LogP contribution in [0.4, 0.5) is 0 Å². The molecular formula is C13H17N3O2. The second-order valence-electron chi connectivity index (χ2n) is 3.96. The lowest BCUT2D eigenvalue weighted by Gasteiger charge is -2.17. The van der Waals surface area contributed by atoms with Gasteiger partial charge in [-0.05, 0) is 5.56 Å². The van der Waals surface area contributed by atoms with Crippen LogP contribution >= 0.6 is 0 Å². The van der Waals surface area contributed by atoms with E-state index in [2.05, 4.69) is 27.6 Å². The Bertz CT molecular complexity index is 431. The lowest BCUT2D eigenvalue weighted by Crippen LogP contribution is -2.27. The predicted octanol–water partition coefficient (Wildman–Crippen LogP) is 1.59.